The monoisotopic (exact) mass is 311 g/mol. The third-order valence-corrected chi connectivity index (χ3v) is 3.87. The van der Waals surface area contributed by atoms with Gasteiger partial charge in [0.1, 0.15) is 0 Å². The first-order valence-corrected chi connectivity index (χ1v) is 7.94. The van der Waals surface area contributed by atoms with Crippen molar-refractivity contribution in [2.24, 2.45) is 5.92 Å². The summed E-state index contributed by atoms with van der Waals surface area (Å²) in [5, 5.41) is 3.33. The molecule has 0 amide bonds. The van der Waals surface area contributed by atoms with E-state index in [1.165, 1.54) is 48.6 Å². The van der Waals surface area contributed by atoms with Crippen LogP contribution in [0.3, 0.4) is 0 Å². The Kier molecular flexibility index (Phi) is 8.36. The molecule has 0 aliphatic rings. The van der Waals surface area contributed by atoms with Gasteiger partial charge in [0.15, 0.2) is 0 Å². The van der Waals surface area contributed by atoms with E-state index in [1.54, 1.807) is 0 Å². The van der Waals surface area contributed by atoms with Crippen molar-refractivity contribution >= 4 is 15.9 Å². The maximum Gasteiger partial charge on any atom is 0.0177 e. The lowest BCUT2D eigenvalue weighted by atomic mass is 9.93. The molecule has 1 rings (SSSR count). The highest BCUT2D eigenvalue weighted by Gasteiger charge is 2.09. The highest BCUT2D eigenvalue weighted by atomic mass is 79.9. The van der Waals surface area contributed by atoms with E-state index in [4.69, 9.17) is 0 Å². The van der Waals surface area contributed by atoms with E-state index < -0.39 is 0 Å². The zero-order valence-corrected chi connectivity index (χ0v) is 13.3. The number of halogens is 1. The molecule has 0 saturated heterocycles. The van der Waals surface area contributed by atoms with Crippen LogP contribution in [0.1, 0.15) is 44.6 Å². The molecule has 0 saturated carbocycles. The van der Waals surface area contributed by atoms with E-state index in [-0.39, 0.29) is 0 Å². The average Bonchev–Trinajstić information content (AvgIpc) is 2.35. The second kappa shape index (κ2) is 9.57. The Labute approximate surface area is 120 Å². The van der Waals surface area contributed by atoms with Gasteiger partial charge in [-0.2, -0.15) is 0 Å². The maximum atomic E-state index is 3.55. The smallest absolute Gasteiger partial charge is 0.0177 e. The summed E-state index contributed by atoms with van der Waals surface area (Å²) < 4.78 is 1.19. The predicted molar refractivity (Wildman–Crippen MR) is 84.0 cm³/mol. The molecule has 0 spiro atoms. The lowest BCUT2D eigenvalue weighted by molar-refractivity contribution is 0.435. The molecule has 1 aromatic rings. The van der Waals surface area contributed by atoms with E-state index in [0.717, 1.165) is 12.5 Å². The number of nitrogens with one attached hydrogen (secondary N) is 1. The van der Waals surface area contributed by atoms with Gasteiger partial charge in [0.2, 0.25) is 0 Å². The molecule has 0 fully saturated rings. The highest BCUT2D eigenvalue weighted by Crippen LogP contribution is 2.19. The molecular weight excluding hydrogens is 286 g/mol. The van der Waals surface area contributed by atoms with Crippen LogP contribution in [0.2, 0.25) is 0 Å². The van der Waals surface area contributed by atoms with Crippen molar-refractivity contribution in [1.82, 2.24) is 5.32 Å². The van der Waals surface area contributed by atoms with Crippen LogP contribution in [0.4, 0.5) is 0 Å². The number of benzene rings is 1. The summed E-state index contributed by atoms with van der Waals surface area (Å²) in [6.45, 7) is 3.39. The van der Waals surface area contributed by atoms with Crippen LogP contribution < -0.4 is 5.32 Å². The molecule has 0 heterocycles. The van der Waals surface area contributed by atoms with Gasteiger partial charge in [0.25, 0.3) is 0 Å². The van der Waals surface area contributed by atoms with Gasteiger partial charge in [-0.3, -0.25) is 0 Å². The van der Waals surface area contributed by atoms with E-state index in [9.17, 15) is 0 Å². The molecule has 0 aliphatic carbocycles. The summed E-state index contributed by atoms with van der Waals surface area (Å²) in [6, 6.07) is 8.71. The minimum Gasteiger partial charge on any atom is -0.319 e. The third-order valence-electron chi connectivity index (χ3n) is 3.37. The normalized spacial score (nSPS) is 12.6. The first-order valence-electron chi connectivity index (χ1n) is 7.15. The molecule has 0 aromatic heterocycles. The molecule has 0 aliphatic heterocycles. The number of unbranched alkanes of at least 4 members (excludes halogenated alkanes) is 3. The van der Waals surface area contributed by atoms with Crippen LogP contribution in [-0.4, -0.2) is 13.6 Å². The van der Waals surface area contributed by atoms with Crippen molar-refractivity contribution < 1.29 is 0 Å². The van der Waals surface area contributed by atoms with Gasteiger partial charge in [-0.1, -0.05) is 60.7 Å². The van der Waals surface area contributed by atoms with Crippen molar-refractivity contribution in [1.29, 1.82) is 0 Å². The quantitative estimate of drug-likeness (QED) is 0.646. The summed E-state index contributed by atoms with van der Waals surface area (Å²) in [5.74, 6) is 0.765. The summed E-state index contributed by atoms with van der Waals surface area (Å²) in [7, 11) is 2.06. The Morgan fingerprint density at radius 3 is 2.72 bits per heavy atom. The van der Waals surface area contributed by atoms with Gasteiger partial charge in [-0.15, -0.1) is 0 Å². The van der Waals surface area contributed by atoms with Gasteiger partial charge >= 0.3 is 0 Å². The van der Waals surface area contributed by atoms with E-state index in [1.807, 2.05) is 0 Å². The fourth-order valence-electron chi connectivity index (χ4n) is 2.42. The average molecular weight is 312 g/mol. The Bertz CT molecular complexity index is 325. The van der Waals surface area contributed by atoms with Gasteiger partial charge in [-0.05, 0) is 50.0 Å². The number of hydrogen-bond acceptors (Lipinski definition) is 1. The molecule has 1 atom stereocenters. The second-order valence-corrected chi connectivity index (χ2v) is 6.02. The van der Waals surface area contributed by atoms with E-state index in [0.29, 0.717) is 0 Å². The lowest BCUT2D eigenvalue weighted by Gasteiger charge is -2.16. The minimum atomic E-state index is 0.765. The van der Waals surface area contributed by atoms with Crippen LogP contribution >= 0.6 is 15.9 Å². The van der Waals surface area contributed by atoms with Crippen molar-refractivity contribution in [3.8, 4) is 0 Å². The Balaban J connectivity index is 2.41. The Morgan fingerprint density at radius 2 is 2.06 bits per heavy atom. The molecule has 1 nitrogen and oxygen atoms in total. The summed E-state index contributed by atoms with van der Waals surface area (Å²) >= 11 is 3.55. The molecule has 1 aromatic carbocycles. The molecule has 1 unspecified atom stereocenters. The number of hydrogen-bond donors (Lipinski definition) is 1. The van der Waals surface area contributed by atoms with Gasteiger partial charge in [0.05, 0.1) is 0 Å². The molecule has 2 heteroatoms. The lowest BCUT2D eigenvalue weighted by Crippen LogP contribution is -2.20. The van der Waals surface area contributed by atoms with Crippen LogP contribution in [0.25, 0.3) is 0 Å². The topological polar surface area (TPSA) is 12.0 Å². The molecule has 0 bridgehead atoms. The predicted octanol–water partition coefficient (Wildman–Crippen LogP) is 4.80. The van der Waals surface area contributed by atoms with Crippen LogP contribution in [0, 0.1) is 5.92 Å². The molecular formula is C16H26BrN. The number of rotatable bonds is 9. The van der Waals surface area contributed by atoms with Crippen molar-refractivity contribution in [2.75, 3.05) is 13.6 Å². The van der Waals surface area contributed by atoms with Gasteiger partial charge in [-0.25, -0.2) is 0 Å². The van der Waals surface area contributed by atoms with Crippen molar-refractivity contribution in [3.05, 3.63) is 34.3 Å². The van der Waals surface area contributed by atoms with Crippen LogP contribution in [0.5, 0.6) is 0 Å². The van der Waals surface area contributed by atoms with Crippen LogP contribution in [-0.2, 0) is 6.42 Å². The van der Waals surface area contributed by atoms with Crippen LogP contribution in [0.15, 0.2) is 28.7 Å². The molecule has 102 valence electrons. The molecule has 1 N–H and O–H groups in total. The molecule has 0 radical (unpaired) electrons. The maximum absolute atomic E-state index is 3.55. The second-order valence-electron chi connectivity index (χ2n) is 5.11. The summed E-state index contributed by atoms with van der Waals surface area (Å²) in [6.07, 6.45) is 7.98. The van der Waals surface area contributed by atoms with Gasteiger partial charge < -0.3 is 5.32 Å². The standard InChI is InChI=1S/C16H26BrN/c1-3-4-5-6-8-15(13-18-2)11-14-9-7-10-16(17)12-14/h7,9-10,12,15,18H,3-6,8,11,13H2,1-2H3. The molecule has 18 heavy (non-hydrogen) atoms. The Morgan fingerprint density at radius 1 is 1.22 bits per heavy atom. The largest absolute Gasteiger partial charge is 0.319 e. The SMILES string of the molecule is CCCCCCC(CNC)Cc1cccc(Br)c1. The van der Waals surface area contributed by atoms with Gasteiger partial charge in [0, 0.05) is 4.47 Å². The summed E-state index contributed by atoms with van der Waals surface area (Å²) in [4.78, 5) is 0. The van der Waals surface area contributed by atoms with Crippen molar-refractivity contribution in [2.45, 2.75) is 45.4 Å². The highest BCUT2D eigenvalue weighted by molar-refractivity contribution is 9.10. The first-order chi connectivity index (χ1) is 8.76. The third kappa shape index (κ3) is 6.55. The minimum absolute atomic E-state index is 0.765. The fourth-order valence-corrected chi connectivity index (χ4v) is 2.87. The van der Waals surface area contributed by atoms with E-state index >= 15 is 0 Å². The fraction of sp³-hybridized carbons (Fsp3) is 0.625. The zero-order chi connectivity index (χ0) is 13.2. The van der Waals surface area contributed by atoms with E-state index in [2.05, 4.69) is 59.5 Å². The Hall–Kier alpha value is -0.340. The summed E-state index contributed by atoms with van der Waals surface area (Å²) in [5.41, 5.74) is 1.44. The zero-order valence-electron chi connectivity index (χ0n) is 11.7. The first kappa shape index (κ1) is 15.7. The van der Waals surface area contributed by atoms with Crippen molar-refractivity contribution in [3.63, 3.8) is 0 Å².